The number of anilines is 2. The highest BCUT2D eigenvalue weighted by Gasteiger charge is 2.35. The first-order valence-electron chi connectivity index (χ1n) is 19.7. The van der Waals surface area contributed by atoms with Crippen molar-refractivity contribution >= 4 is 57.5 Å². The molecule has 7 rings (SSSR count). The van der Waals surface area contributed by atoms with Crippen LogP contribution in [0.15, 0.2) is 97.1 Å². The Labute approximate surface area is 344 Å². The van der Waals surface area contributed by atoms with Gasteiger partial charge in [-0.3, -0.25) is 14.4 Å². The highest BCUT2D eigenvalue weighted by Crippen LogP contribution is 2.36. The van der Waals surface area contributed by atoms with Gasteiger partial charge in [-0.25, -0.2) is 4.98 Å². The predicted octanol–water partition coefficient (Wildman–Crippen LogP) is 6.87. The molecule has 0 bridgehead atoms. The van der Waals surface area contributed by atoms with Crippen molar-refractivity contribution in [2.75, 3.05) is 63.8 Å². The van der Waals surface area contributed by atoms with Gasteiger partial charge in [-0.05, 0) is 48.7 Å². The number of ether oxygens (including phenoxy) is 3. The van der Waals surface area contributed by atoms with Gasteiger partial charge in [-0.2, -0.15) is 4.98 Å². The maximum Gasteiger partial charge on any atom is 0.253 e. The third-order valence-electron chi connectivity index (χ3n) is 10.7. The molecule has 300 valence electrons. The second-order valence-corrected chi connectivity index (χ2v) is 15.0. The van der Waals surface area contributed by atoms with E-state index in [4.69, 9.17) is 36.4 Å². The van der Waals surface area contributed by atoms with Gasteiger partial charge in [-0.15, -0.1) is 0 Å². The maximum atomic E-state index is 14.1. The van der Waals surface area contributed by atoms with Crippen molar-refractivity contribution in [3.05, 3.63) is 114 Å². The zero-order chi connectivity index (χ0) is 40.6. The molecule has 1 aromatic heterocycles. The Balaban J connectivity index is 1.03. The lowest BCUT2D eigenvalue weighted by molar-refractivity contribution is -0.119. The van der Waals surface area contributed by atoms with Crippen LogP contribution in [0.4, 0.5) is 11.8 Å². The Morgan fingerprint density at radius 2 is 1.50 bits per heavy atom. The summed E-state index contributed by atoms with van der Waals surface area (Å²) >= 11 is 5.90. The fraction of sp³-hybridized carbons (Fsp3) is 0.333. The fourth-order valence-electron chi connectivity index (χ4n) is 7.49. The second-order valence-electron chi connectivity index (χ2n) is 14.6. The molecule has 2 aliphatic heterocycles. The fourth-order valence-corrected chi connectivity index (χ4v) is 7.79. The molecule has 2 saturated heterocycles. The van der Waals surface area contributed by atoms with Gasteiger partial charge in [0.1, 0.15) is 17.6 Å². The van der Waals surface area contributed by atoms with Gasteiger partial charge in [0.2, 0.25) is 11.9 Å². The molecule has 0 aliphatic carbocycles. The molecule has 12 nitrogen and oxygen atoms in total. The molecule has 3 heterocycles. The Morgan fingerprint density at radius 3 is 2.19 bits per heavy atom. The number of carbonyl (C=O) groups excluding carboxylic acids is 3. The summed E-state index contributed by atoms with van der Waals surface area (Å²) in [5, 5.41) is 3.69. The maximum absolute atomic E-state index is 14.1. The number of Topliss-reactive ketones (excluding diaryl/α,β-unsaturated/α-hetero) is 1. The summed E-state index contributed by atoms with van der Waals surface area (Å²) < 4.78 is 17.1. The van der Waals surface area contributed by atoms with Gasteiger partial charge in [0.25, 0.3) is 5.91 Å². The van der Waals surface area contributed by atoms with Crippen LogP contribution < -0.4 is 24.4 Å². The zero-order valence-electron chi connectivity index (χ0n) is 33.1. The molecule has 58 heavy (non-hydrogen) atoms. The van der Waals surface area contributed by atoms with E-state index in [1.165, 1.54) is 5.56 Å². The van der Waals surface area contributed by atoms with Crippen molar-refractivity contribution in [1.29, 1.82) is 0 Å². The van der Waals surface area contributed by atoms with Gasteiger partial charge in [-0.1, -0.05) is 79.8 Å². The molecule has 5 aromatic rings. The number of carbonyl (C=O) groups is 3. The Bertz CT molecular complexity index is 2250. The lowest BCUT2D eigenvalue weighted by Gasteiger charge is -2.35. The lowest BCUT2D eigenvalue weighted by atomic mass is 9.99. The summed E-state index contributed by atoms with van der Waals surface area (Å²) in [6.07, 6.45) is 2.45. The number of amides is 2. The number of rotatable bonds is 14. The predicted molar refractivity (Wildman–Crippen MR) is 228 cm³/mol. The van der Waals surface area contributed by atoms with E-state index in [1.54, 1.807) is 50.6 Å². The molecule has 2 amide bonds. The van der Waals surface area contributed by atoms with Crippen LogP contribution in [0.2, 0.25) is 0 Å². The quantitative estimate of drug-likeness (QED) is 0.0935. The standard InChI is InChI=1S/C45H48N6O6S/c1-30(27-38(52)32-13-8-5-9-14-32)44(58)51-21-10-15-37(51)42(53)47-41-35-28-39(55-2)40(56-3)29-36(35)46-45(48-41)50-24-22-49(23-25-50)43(54)33-16-18-34(19-17-33)57-26-20-31-11-6-4-7-12-31/h4-9,11-14,16-19,28-30,37H,10,15,20-27H2,1-3H3,(H,46,47,48,53)/t30?,37-/m1/s1. The Morgan fingerprint density at radius 1 is 0.828 bits per heavy atom. The number of benzene rings is 4. The number of likely N-dealkylation sites (tertiary alicyclic amines) is 1. The summed E-state index contributed by atoms with van der Waals surface area (Å²) in [7, 11) is 3.11. The minimum atomic E-state index is -0.528. The van der Waals surface area contributed by atoms with Crippen molar-refractivity contribution in [1.82, 2.24) is 19.8 Å². The highest BCUT2D eigenvalue weighted by molar-refractivity contribution is 7.80. The minimum absolute atomic E-state index is 0.0136. The Kier molecular flexibility index (Phi) is 12.8. The van der Waals surface area contributed by atoms with E-state index in [1.807, 2.05) is 70.2 Å². The topological polar surface area (TPSA) is 126 Å². The van der Waals surface area contributed by atoms with E-state index >= 15 is 0 Å². The van der Waals surface area contributed by atoms with Crippen LogP contribution in [-0.4, -0.2) is 102 Å². The SMILES string of the molecule is COc1cc2nc(N3CCN(C(=O)c4ccc(OCCc5ccccc5)cc4)CC3)nc(NC(=O)[C@H]3CCCN3C(=S)C(C)CC(=O)c3ccccc3)c2cc1OC. The molecule has 0 saturated carbocycles. The van der Waals surface area contributed by atoms with E-state index in [-0.39, 0.29) is 29.9 Å². The van der Waals surface area contributed by atoms with Crippen molar-refractivity contribution in [3.8, 4) is 17.2 Å². The number of ketones is 1. The number of hydrogen-bond acceptors (Lipinski definition) is 10. The van der Waals surface area contributed by atoms with E-state index in [9.17, 15) is 14.4 Å². The molecule has 2 aliphatic rings. The zero-order valence-corrected chi connectivity index (χ0v) is 33.9. The first-order chi connectivity index (χ1) is 28.2. The monoisotopic (exact) mass is 800 g/mol. The van der Waals surface area contributed by atoms with E-state index in [0.717, 1.165) is 18.6 Å². The van der Waals surface area contributed by atoms with E-state index in [2.05, 4.69) is 17.4 Å². The van der Waals surface area contributed by atoms with Crippen LogP contribution in [0.5, 0.6) is 17.2 Å². The van der Waals surface area contributed by atoms with Crippen molar-refractivity contribution in [2.24, 2.45) is 5.92 Å². The molecule has 2 atom stereocenters. The van der Waals surface area contributed by atoms with E-state index < -0.39 is 6.04 Å². The number of fused-ring (bicyclic) bond motifs is 1. The normalized spacial score (nSPS) is 15.8. The molecular formula is C45H48N6O6S. The summed E-state index contributed by atoms with van der Waals surface area (Å²) in [5.41, 5.74) is 3.01. The molecule has 1 unspecified atom stereocenters. The molecule has 0 spiro atoms. The highest BCUT2D eigenvalue weighted by atomic mass is 32.1. The smallest absolute Gasteiger partial charge is 0.253 e. The lowest BCUT2D eigenvalue weighted by Crippen LogP contribution is -2.49. The summed E-state index contributed by atoms with van der Waals surface area (Å²) in [6, 6.07) is 29.6. The average molecular weight is 801 g/mol. The van der Waals surface area contributed by atoms with Crippen molar-refractivity contribution < 1.29 is 28.6 Å². The average Bonchev–Trinajstić information content (AvgIpc) is 3.77. The van der Waals surface area contributed by atoms with Crippen LogP contribution in [-0.2, 0) is 11.2 Å². The first-order valence-corrected chi connectivity index (χ1v) is 20.1. The van der Waals surface area contributed by atoms with Crippen LogP contribution in [0.1, 0.15) is 52.5 Å². The van der Waals surface area contributed by atoms with Crippen molar-refractivity contribution in [2.45, 2.75) is 38.6 Å². The number of thiocarbonyl (C=S) groups is 1. The van der Waals surface area contributed by atoms with Gasteiger partial charge >= 0.3 is 0 Å². The molecule has 2 fully saturated rings. The summed E-state index contributed by atoms with van der Waals surface area (Å²) in [5.74, 6) is 1.92. The number of hydrogen-bond donors (Lipinski definition) is 1. The molecule has 13 heteroatoms. The number of methoxy groups -OCH3 is 2. The summed E-state index contributed by atoms with van der Waals surface area (Å²) in [6.45, 7) is 5.01. The third kappa shape index (κ3) is 9.21. The second kappa shape index (κ2) is 18.5. The molecule has 0 radical (unpaired) electrons. The number of nitrogens with one attached hydrogen (secondary N) is 1. The number of piperazine rings is 1. The van der Waals surface area contributed by atoms with Crippen LogP contribution in [0.3, 0.4) is 0 Å². The summed E-state index contributed by atoms with van der Waals surface area (Å²) in [4.78, 5) is 56.8. The molecule has 4 aromatic carbocycles. The van der Waals surface area contributed by atoms with E-state index in [0.29, 0.717) is 96.0 Å². The molecule has 1 N–H and O–H groups in total. The third-order valence-corrected chi connectivity index (χ3v) is 11.4. The van der Waals surface area contributed by atoms with Crippen LogP contribution >= 0.6 is 12.2 Å². The minimum Gasteiger partial charge on any atom is -0.493 e. The number of aromatic nitrogens is 2. The van der Waals surface area contributed by atoms with Gasteiger partial charge < -0.3 is 34.2 Å². The van der Waals surface area contributed by atoms with Crippen LogP contribution in [0, 0.1) is 5.92 Å². The van der Waals surface area contributed by atoms with Gasteiger partial charge in [0, 0.05) is 74.1 Å². The van der Waals surface area contributed by atoms with Gasteiger partial charge in [0.15, 0.2) is 17.3 Å². The Hall–Kier alpha value is -6.08. The largest absolute Gasteiger partial charge is 0.493 e. The first kappa shape index (κ1) is 40.1. The molecular weight excluding hydrogens is 753 g/mol. The van der Waals surface area contributed by atoms with Crippen molar-refractivity contribution in [3.63, 3.8) is 0 Å². The number of nitrogens with zero attached hydrogens (tertiary/aromatic N) is 5. The van der Waals surface area contributed by atoms with Crippen LogP contribution in [0.25, 0.3) is 10.9 Å². The van der Waals surface area contributed by atoms with Gasteiger partial charge in [0.05, 0.1) is 31.3 Å².